The van der Waals surface area contributed by atoms with E-state index in [1.54, 1.807) is 0 Å². The van der Waals surface area contributed by atoms with Crippen LogP contribution in [0, 0.1) is 5.41 Å². The maximum Gasteiger partial charge on any atom is 0.0241 e. The lowest BCUT2D eigenvalue weighted by Gasteiger charge is -2.27. The van der Waals surface area contributed by atoms with E-state index in [-0.39, 0.29) is 5.41 Å². The zero-order valence-corrected chi connectivity index (χ0v) is 14.6. The third-order valence-electron chi connectivity index (χ3n) is 4.70. The van der Waals surface area contributed by atoms with Crippen molar-refractivity contribution in [3.63, 3.8) is 0 Å². The van der Waals surface area contributed by atoms with Crippen LogP contribution in [0.4, 0.5) is 0 Å². The predicted molar refractivity (Wildman–Crippen MR) is 102 cm³/mol. The Labute approximate surface area is 140 Å². The van der Waals surface area contributed by atoms with Gasteiger partial charge in [-0.05, 0) is 59.3 Å². The quantitative estimate of drug-likeness (QED) is 0.649. The van der Waals surface area contributed by atoms with E-state index < -0.39 is 0 Å². The lowest BCUT2D eigenvalue weighted by Crippen LogP contribution is -2.14. The summed E-state index contributed by atoms with van der Waals surface area (Å²) in [4.78, 5) is 0. The molecule has 1 nitrogen and oxygen atoms in total. The lowest BCUT2D eigenvalue weighted by molar-refractivity contribution is 0.571. The van der Waals surface area contributed by atoms with Gasteiger partial charge < -0.3 is 5.73 Å². The van der Waals surface area contributed by atoms with Crippen LogP contribution >= 0.6 is 0 Å². The summed E-state index contributed by atoms with van der Waals surface area (Å²) in [5.74, 6) is 0. The second-order valence-electron chi connectivity index (χ2n) is 6.65. The summed E-state index contributed by atoms with van der Waals surface area (Å²) in [5, 5.41) is 0. The van der Waals surface area contributed by atoms with Crippen LogP contribution in [0.1, 0.15) is 33.6 Å². The molecule has 0 amide bonds. The van der Waals surface area contributed by atoms with E-state index in [1.807, 2.05) is 18.2 Å². The molecule has 2 aliphatic carbocycles. The highest BCUT2D eigenvalue weighted by Crippen LogP contribution is 2.52. The zero-order chi connectivity index (χ0) is 17.2. The van der Waals surface area contributed by atoms with Crippen molar-refractivity contribution in [1.29, 1.82) is 0 Å². The molecule has 1 heteroatoms. The van der Waals surface area contributed by atoms with Crippen LogP contribution in [0.2, 0.25) is 0 Å². The molecule has 2 rings (SSSR count). The maximum absolute atomic E-state index is 5.61. The van der Waals surface area contributed by atoms with Crippen LogP contribution in [0.3, 0.4) is 0 Å². The number of allylic oxidation sites excluding steroid dienone is 12. The first-order valence-electron chi connectivity index (χ1n) is 8.09. The van der Waals surface area contributed by atoms with Crippen molar-refractivity contribution in [3.8, 4) is 0 Å². The third-order valence-corrected chi connectivity index (χ3v) is 4.70. The Bertz CT molecular complexity index is 715. The fraction of sp³-hybridized carbons (Fsp3) is 0.273. The first-order chi connectivity index (χ1) is 10.8. The molecule has 0 bridgehead atoms. The lowest BCUT2D eigenvalue weighted by atomic mass is 9.77. The van der Waals surface area contributed by atoms with Crippen molar-refractivity contribution in [2.45, 2.75) is 33.6 Å². The van der Waals surface area contributed by atoms with E-state index in [1.165, 1.54) is 27.9 Å². The van der Waals surface area contributed by atoms with Crippen LogP contribution in [0.5, 0.6) is 0 Å². The van der Waals surface area contributed by atoms with E-state index in [2.05, 4.69) is 58.7 Å². The fourth-order valence-corrected chi connectivity index (χ4v) is 3.50. The van der Waals surface area contributed by atoms with Gasteiger partial charge in [-0.1, -0.05) is 64.0 Å². The predicted octanol–water partition coefficient (Wildman–Crippen LogP) is 5.69. The molecule has 2 N–H and O–H groups in total. The molecule has 0 heterocycles. The molecule has 0 atom stereocenters. The molecule has 0 fully saturated rings. The van der Waals surface area contributed by atoms with E-state index in [9.17, 15) is 0 Å². The molecule has 0 saturated carbocycles. The summed E-state index contributed by atoms with van der Waals surface area (Å²) in [7, 11) is 0. The molecule has 0 unspecified atom stereocenters. The average Bonchev–Trinajstić information content (AvgIpc) is 2.72. The molecule has 0 aromatic carbocycles. The van der Waals surface area contributed by atoms with Gasteiger partial charge in [0, 0.05) is 11.1 Å². The second kappa shape index (κ2) is 6.45. The van der Waals surface area contributed by atoms with E-state index in [0.717, 1.165) is 18.4 Å². The molecule has 120 valence electrons. The summed E-state index contributed by atoms with van der Waals surface area (Å²) in [6, 6.07) is 0. The molecule has 0 spiro atoms. The first kappa shape index (κ1) is 17.1. The van der Waals surface area contributed by atoms with Crippen molar-refractivity contribution in [2.75, 3.05) is 0 Å². The van der Waals surface area contributed by atoms with Gasteiger partial charge >= 0.3 is 0 Å². The largest absolute Gasteiger partial charge is 0.399 e. The molecule has 2 aliphatic rings. The minimum Gasteiger partial charge on any atom is -0.399 e. The Hall–Kier alpha value is -2.28. The second-order valence-corrected chi connectivity index (χ2v) is 6.65. The zero-order valence-electron chi connectivity index (χ0n) is 14.6. The Morgan fingerprint density at radius 3 is 2.48 bits per heavy atom. The Balaban J connectivity index is 2.46. The topological polar surface area (TPSA) is 26.0 Å². The summed E-state index contributed by atoms with van der Waals surface area (Å²) in [6.45, 7) is 18.5. The van der Waals surface area contributed by atoms with Gasteiger partial charge in [-0.3, -0.25) is 0 Å². The van der Waals surface area contributed by atoms with Crippen molar-refractivity contribution in [1.82, 2.24) is 0 Å². The van der Waals surface area contributed by atoms with Gasteiger partial charge in [0.05, 0.1) is 0 Å². The van der Waals surface area contributed by atoms with Gasteiger partial charge in [0.15, 0.2) is 0 Å². The molecule has 0 aromatic heterocycles. The van der Waals surface area contributed by atoms with Crippen molar-refractivity contribution < 1.29 is 0 Å². The molecular weight excluding hydrogens is 278 g/mol. The van der Waals surface area contributed by atoms with Crippen molar-refractivity contribution in [2.24, 2.45) is 11.1 Å². The molecule has 23 heavy (non-hydrogen) atoms. The average molecular weight is 305 g/mol. The van der Waals surface area contributed by atoms with Gasteiger partial charge in [-0.25, -0.2) is 0 Å². The minimum absolute atomic E-state index is 0.0148. The highest BCUT2D eigenvalue weighted by Gasteiger charge is 2.37. The highest BCUT2D eigenvalue weighted by molar-refractivity contribution is 5.66. The van der Waals surface area contributed by atoms with Crippen molar-refractivity contribution in [3.05, 3.63) is 95.3 Å². The fourth-order valence-electron chi connectivity index (χ4n) is 3.50. The summed E-state index contributed by atoms with van der Waals surface area (Å²) < 4.78 is 0. The summed E-state index contributed by atoms with van der Waals surface area (Å²) in [5.41, 5.74) is 13.9. The monoisotopic (exact) mass is 305 g/mol. The smallest absolute Gasteiger partial charge is 0.0241 e. The molecular formula is C22H27N. The van der Waals surface area contributed by atoms with E-state index in [0.29, 0.717) is 5.70 Å². The minimum atomic E-state index is -0.0148. The van der Waals surface area contributed by atoms with Crippen molar-refractivity contribution >= 4 is 0 Å². The first-order valence-corrected chi connectivity index (χ1v) is 8.09. The van der Waals surface area contributed by atoms with E-state index in [4.69, 9.17) is 5.73 Å². The Kier molecular flexibility index (Phi) is 4.79. The third kappa shape index (κ3) is 3.10. The number of hydrogen-bond acceptors (Lipinski definition) is 1. The standard InChI is InChI=1S/C22H27N/c1-7-9-18-19-13-12-17(15(3)10-11-16(4)23)14-21(19)22(5,6)20(18)8-2/h7-11,14H,2-4,12-13,23H2,1,5-6H3/b9-7-,11-10-. The molecule has 0 aromatic rings. The van der Waals surface area contributed by atoms with Gasteiger partial charge in [0.25, 0.3) is 0 Å². The summed E-state index contributed by atoms with van der Waals surface area (Å²) >= 11 is 0. The molecule has 0 saturated heterocycles. The normalized spacial score (nSPS) is 20.2. The van der Waals surface area contributed by atoms with E-state index >= 15 is 0 Å². The van der Waals surface area contributed by atoms with Crippen LogP contribution < -0.4 is 5.73 Å². The van der Waals surface area contributed by atoms with Gasteiger partial charge in [-0.15, -0.1) is 0 Å². The van der Waals surface area contributed by atoms with Crippen LogP contribution in [-0.2, 0) is 0 Å². The molecule has 0 radical (unpaired) electrons. The Morgan fingerprint density at radius 2 is 1.91 bits per heavy atom. The number of hydrogen-bond donors (Lipinski definition) is 1. The number of nitrogens with two attached hydrogens (primary N) is 1. The van der Waals surface area contributed by atoms with Gasteiger partial charge in [0.1, 0.15) is 0 Å². The summed E-state index contributed by atoms with van der Waals surface area (Å²) in [6.07, 6.45) is 14.4. The highest BCUT2D eigenvalue weighted by atomic mass is 14.5. The number of rotatable bonds is 5. The SMILES string of the molecule is C=CC1=C(/C=C\C)C2=C(C=C(C(=C)/C=C\C(=C)N)CC2)C1(C)C. The Morgan fingerprint density at radius 1 is 1.22 bits per heavy atom. The molecule has 0 aliphatic heterocycles. The van der Waals surface area contributed by atoms with Gasteiger partial charge in [-0.2, -0.15) is 0 Å². The van der Waals surface area contributed by atoms with Crippen LogP contribution in [-0.4, -0.2) is 0 Å². The van der Waals surface area contributed by atoms with Crippen LogP contribution in [0.15, 0.2) is 95.3 Å². The van der Waals surface area contributed by atoms with Crippen LogP contribution in [0.25, 0.3) is 0 Å². The van der Waals surface area contributed by atoms with Gasteiger partial charge in [0.2, 0.25) is 0 Å². The maximum atomic E-state index is 5.61.